The number of hydrogen-bond acceptors (Lipinski definition) is 2. The van der Waals surface area contributed by atoms with Crippen LogP contribution in [0.4, 0.5) is 0 Å². The number of likely N-dealkylation sites (N-methyl/N-ethyl adjacent to an activating group) is 1. The first-order valence-corrected chi connectivity index (χ1v) is 7.66. The van der Waals surface area contributed by atoms with E-state index < -0.39 is 0 Å². The standard InChI is InChI=1S/C17H28N2/c1-14(2)16-8-6-15(7-9-16)10-12-19(3)13-17-5-4-11-18-17/h6-9,14,17-18H,4-5,10-13H2,1-3H3. The minimum absolute atomic E-state index is 0.630. The highest BCUT2D eigenvalue weighted by Crippen LogP contribution is 2.15. The Morgan fingerprint density at radius 2 is 2.00 bits per heavy atom. The van der Waals surface area contributed by atoms with Gasteiger partial charge in [-0.15, -0.1) is 0 Å². The number of rotatable bonds is 6. The molecule has 1 atom stereocenters. The highest BCUT2D eigenvalue weighted by Gasteiger charge is 2.15. The van der Waals surface area contributed by atoms with Gasteiger partial charge in [-0.2, -0.15) is 0 Å². The predicted octanol–water partition coefficient (Wildman–Crippen LogP) is 3.04. The second-order valence-corrected chi connectivity index (χ2v) is 6.20. The van der Waals surface area contributed by atoms with E-state index in [2.05, 4.69) is 55.4 Å². The Kier molecular flexibility index (Phi) is 5.41. The van der Waals surface area contributed by atoms with Crippen molar-refractivity contribution in [1.29, 1.82) is 0 Å². The largest absolute Gasteiger partial charge is 0.313 e. The normalized spacial score (nSPS) is 19.5. The van der Waals surface area contributed by atoms with Crippen molar-refractivity contribution in [3.05, 3.63) is 35.4 Å². The molecule has 2 heteroatoms. The summed E-state index contributed by atoms with van der Waals surface area (Å²) in [5, 5.41) is 3.56. The molecule has 1 aromatic rings. The maximum Gasteiger partial charge on any atom is 0.0195 e. The number of benzene rings is 1. The van der Waals surface area contributed by atoms with Gasteiger partial charge in [0.25, 0.3) is 0 Å². The van der Waals surface area contributed by atoms with Crippen molar-refractivity contribution in [1.82, 2.24) is 10.2 Å². The van der Waals surface area contributed by atoms with Crippen LogP contribution in [0.5, 0.6) is 0 Å². The molecule has 1 aliphatic rings. The first-order chi connectivity index (χ1) is 9.15. The van der Waals surface area contributed by atoms with E-state index in [9.17, 15) is 0 Å². The molecule has 106 valence electrons. The Labute approximate surface area is 118 Å². The van der Waals surface area contributed by atoms with Crippen molar-refractivity contribution >= 4 is 0 Å². The average Bonchev–Trinajstić information content (AvgIpc) is 2.89. The molecule has 0 spiro atoms. The third-order valence-electron chi connectivity index (χ3n) is 4.12. The number of nitrogens with zero attached hydrogens (tertiary/aromatic N) is 1. The zero-order valence-electron chi connectivity index (χ0n) is 12.7. The lowest BCUT2D eigenvalue weighted by Crippen LogP contribution is -2.36. The van der Waals surface area contributed by atoms with Crippen LogP contribution < -0.4 is 5.32 Å². The lowest BCUT2D eigenvalue weighted by Gasteiger charge is -2.21. The Hall–Kier alpha value is -0.860. The van der Waals surface area contributed by atoms with Crippen LogP contribution >= 0.6 is 0 Å². The summed E-state index contributed by atoms with van der Waals surface area (Å²) >= 11 is 0. The van der Waals surface area contributed by atoms with Gasteiger partial charge in [-0.3, -0.25) is 0 Å². The molecule has 1 N–H and O–H groups in total. The van der Waals surface area contributed by atoms with Gasteiger partial charge in [-0.25, -0.2) is 0 Å². The van der Waals surface area contributed by atoms with Crippen LogP contribution in [0.3, 0.4) is 0 Å². The van der Waals surface area contributed by atoms with Gasteiger partial charge < -0.3 is 10.2 Å². The highest BCUT2D eigenvalue weighted by molar-refractivity contribution is 5.24. The van der Waals surface area contributed by atoms with E-state index in [1.165, 1.54) is 37.1 Å². The van der Waals surface area contributed by atoms with Crippen LogP contribution in [0.25, 0.3) is 0 Å². The quantitative estimate of drug-likeness (QED) is 0.846. The molecule has 0 saturated carbocycles. The first kappa shape index (κ1) is 14.5. The molecule has 2 nitrogen and oxygen atoms in total. The van der Waals surface area contributed by atoms with Crippen LogP contribution in [0.15, 0.2) is 24.3 Å². The number of nitrogens with one attached hydrogen (secondary N) is 1. The molecule has 2 rings (SSSR count). The van der Waals surface area contributed by atoms with Crippen molar-refractivity contribution in [3.63, 3.8) is 0 Å². The van der Waals surface area contributed by atoms with Gasteiger partial charge in [0.1, 0.15) is 0 Å². The molecule has 19 heavy (non-hydrogen) atoms. The molecule has 0 aromatic heterocycles. The SMILES string of the molecule is CC(C)c1ccc(CCN(C)CC2CCCN2)cc1. The summed E-state index contributed by atoms with van der Waals surface area (Å²) in [6, 6.07) is 9.85. The summed E-state index contributed by atoms with van der Waals surface area (Å²) < 4.78 is 0. The molecule has 1 aliphatic heterocycles. The fourth-order valence-corrected chi connectivity index (χ4v) is 2.77. The van der Waals surface area contributed by atoms with Gasteiger partial charge in [0.05, 0.1) is 0 Å². The molecule has 1 heterocycles. The van der Waals surface area contributed by atoms with E-state index in [1.807, 2.05) is 0 Å². The van der Waals surface area contributed by atoms with Crippen molar-refractivity contribution in [2.24, 2.45) is 0 Å². The zero-order chi connectivity index (χ0) is 13.7. The second-order valence-electron chi connectivity index (χ2n) is 6.20. The van der Waals surface area contributed by atoms with Gasteiger partial charge in [-0.1, -0.05) is 38.1 Å². The fourth-order valence-electron chi connectivity index (χ4n) is 2.77. The lowest BCUT2D eigenvalue weighted by molar-refractivity contribution is 0.303. The van der Waals surface area contributed by atoms with Crippen LogP contribution in [-0.4, -0.2) is 37.6 Å². The fraction of sp³-hybridized carbons (Fsp3) is 0.647. The smallest absolute Gasteiger partial charge is 0.0195 e. The molecule has 1 saturated heterocycles. The van der Waals surface area contributed by atoms with E-state index in [-0.39, 0.29) is 0 Å². The summed E-state index contributed by atoms with van der Waals surface area (Å²) in [6.45, 7) is 8.03. The predicted molar refractivity (Wildman–Crippen MR) is 82.8 cm³/mol. The molecule has 0 amide bonds. The summed E-state index contributed by atoms with van der Waals surface area (Å²) in [5.41, 5.74) is 2.89. The van der Waals surface area contributed by atoms with Crippen LogP contribution in [-0.2, 0) is 6.42 Å². The first-order valence-electron chi connectivity index (χ1n) is 7.66. The monoisotopic (exact) mass is 260 g/mol. The summed E-state index contributed by atoms with van der Waals surface area (Å²) in [6.07, 6.45) is 3.84. The van der Waals surface area contributed by atoms with Crippen LogP contribution in [0.1, 0.15) is 43.7 Å². The molecule has 0 bridgehead atoms. The third-order valence-corrected chi connectivity index (χ3v) is 4.12. The van der Waals surface area contributed by atoms with Crippen LogP contribution in [0, 0.1) is 0 Å². The van der Waals surface area contributed by atoms with Gasteiger partial charge in [-0.05, 0) is 49.9 Å². The summed E-state index contributed by atoms with van der Waals surface area (Å²) in [7, 11) is 2.24. The Balaban J connectivity index is 1.74. The minimum Gasteiger partial charge on any atom is -0.313 e. The Bertz CT molecular complexity index is 363. The van der Waals surface area contributed by atoms with E-state index in [1.54, 1.807) is 0 Å². The molecular formula is C17H28N2. The van der Waals surface area contributed by atoms with E-state index in [4.69, 9.17) is 0 Å². The van der Waals surface area contributed by atoms with Crippen molar-refractivity contribution < 1.29 is 0 Å². The summed E-state index contributed by atoms with van der Waals surface area (Å²) in [4.78, 5) is 2.46. The third kappa shape index (κ3) is 4.63. The summed E-state index contributed by atoms with van der Waals surface area (Å²) in [5.74, 6) is 0.630. The van der Waals surface area contributed by atoms with E-state index >= 15 is 0 Å². The number of hydrogen-bond donors (Lipinski definition) is 1. The molecule has 0 radical (unpaired) electrons. The second kappa shape index (κ2) is 7.06. The van der Waals surface area contributed by atoms with Gasteiger partial charge in [0.2, 0.25) is 0 Å². The molecule has 1 aromatic carbocycles. The highest BCUT2D eigenvalue weighted by atomic mass is 15.1. The lowest BCUT2D eigenvalue weighted by atomic mass is 10.0. The molecule has 1 unspecified atom stereocenters. The van der Waals surface area contributed by atoms with E-state index in [0.717, 1.165) is 13.0 Å². The Morgan fingerprint density at radius 1 is 1.26 bits per heavy atom. The Morgan fingerprint density at radius 3 is 2.58 bits per heavy atom. The van der Waals surface area contributed by atoms with Gasteiger partial charge in [0, 0.05) is 19.1 Å². The maximum atomic E-state index is 3.56. The molecule has 1 fully saturated rings. The molecule has 0 aliphatic carbocycles. The molecular weight excluding hydrogens is 232 g/mol. The van der Waals surface area contributed by atoms with Crippen LogP contribution in [0.2, 0.25) is 0 Å². The minimum atomic E-state index is 0.630. The zero-order valence-corrected chi connectivity index (χ0v) is 12.7. The van der Waals surface area contributed by atoms with E-state index in [0.29, 0.717) is 12.0 Å². The topological polar surface area (TPSA) is 15.3 Å². The van der Waals surface area contributed by atoms with Crippen molar-refractivity contribution in [2.45, 2.75) is 45.1 Å². The van der Waals surface area contributed by atoms with Crippen molar-refractivity contribution in [2.75, 3.05) is 26.7 Å². The van der Waals surface area contributed by atoms with Gasteiger partial charge in [0.15, 0.2) is 0 Å². The van der Waals surface area contributed by atoms with Crippen molar-refractivity contribution in [3.8, 4) is 0 Å². The van der Waals surface area contributed by atoms with Gasteiger partial charge >= 0.3 is 0 Å². The maximum absolute atomic E-state index is 3.56. The average molecular weight is 260 g/mol.